The van der Waals surface area contributed by atoms with Gasteiger partial charge in [0, 0.05) is 16.0 Å². The van der Waals surface area contributed by atoms with E-state index in [0.717, 1.165) is 5.56 Å². The Morgan fingerprint density at radius 1 is 1.64 bits per heavy atom. The number of anilines is 1. The molecule has 0 spiro atoms. The largest absolute Gasteiger partial charge is 0.453 e. The van der Waals surface area contributed by atoms with Crippen LogP contribution in [0.3, 0.4) is 0 Å². The predicted molar refractivity (Wildman–Crippen MR) is 60.1 cm³/mol. The fraction of sp³-hybridized carbons (Fsp3) is 0.222. The Hall–Kier alpha value is -0.740. The third kappa shape index (κ3) is 2.89. The first kappa shape index (κ1) is 11.3. The van der Waals surface area contributed by atoms with Crippen molar-refractivity contribution in [2.75, 3.05) is 12.4 Å². The van der Waals surface area contributed by atoms with Gasteiger partial charge in [0.15, 0.2) is 0 Å². The van der Waals surface area contributed by atoms with Crippen molar-refractivity contribution in [3.05, 3.63) is 28.8 Å². The Bertz CT molecular complexity index is 344. The van der Waals surface area contributed by atoms with Crippen LogP contribution in [0.5, 0.6) is 0 Å². The number of benzene rings is 1. The van der Waals surface area contributed by atoms with Crippen LogP contribution < -0.4 is 5.32 Å². The van der Waals surface area contributed by atoms with E-state index < -0.39 is 6.09 Å². The first-order valence-electron chi connectivity index (χ1n) is 3.86. The van der Waals surface area contributed by atoms with Gasteiger partial charge in [-0.15, -0.1) is 0 Å². The van der Waals surface area contributed by atoms with E-state index in [4.69, 9.17) is 11.6 Å². The maximum atomic E-state index is 10.9. The topological polar surface area (TPSA) is 38.3 Å². The first-order valence-corrected chi connectivity index (χ1v) is 5.36. The van der Waals surface area contributed by atoms with Gasteiger partial charge >= 0.3 is 6.09 Å². The quantitative estimate of drug-likeness (QED) is 0.842. The molecule has 76 valence electrons. The molecule has 1 aromatic carbocycles. The van der Waals surface area contributed by atoms with Gasteiger partial charge in [0.25, 0.3) is 0 Å². The zero-order valence-corrected chi connectivity index (χ0v) is 9.85. The summed E-state index contributed by atoms with van der Waals surface area (Å²) in [5.41, 5.74) is 1.59. The number of hydrogen-bond acceptors (Lipinski definition) is 2. The highest BCUT2D eigenvalue weighted by Gasteiger charge is 2.03. The first-order chi connectivity index (χ1) is 6.67. The van der Waals surface area contributed by atoms with Crippen LogP contribution in [0, 0.1) is 0 Å². The normalized spacial score (nSPS) is 9.64. The van der Waals surface area contributed by atoms with Gasteiger partial charge < -0.3 is 4.74 Å². The van der Waals surface area contributed by atoms with Crippen LogP contribution >= 0.6 is 27.5 Å². The van der Waals surface area contributed by atoms with E-state index in [1.807, 2.05) is 6.07 Å². The molecule has 0 saturated heterocycles. The molecule has 0 aliphatic carbocycles. The van der Waals surface area contributed by atoms with E-state index in [9.17, 15) is 4.79 Å². The summed E-state index contributed by atoms with van der Waals surface area (Å²) in [7, 11) is 1.31. The fourth-order valence-electron chi connectivity index (χ4n) is 0.902. The molecule has 0 radical (unpaired) electrons. The average Bonchev–Trinajstić information content (AvgIpc) is 2.18. The lowest BCUT2D eigenvalue weighted by atomic mass is 10.2. The molecule has 0 aliphatic rings. The molecule has 1 N–H and O–H groups in total. The lowest BCUT2D eigenvalue weighted by molar-refractivity contribution is 0.187. The summed E-state index contributed by atoms with van der Waals surface area (Å²) in [6.45, 7) is 0. The minimum absolute atomic E-state index is 0.507. The summed E-state index contributed by atoms with van der Waals surface area (Å²) in [6, 6.07) is 5.27. The second-order valence-corrected chi connectivity index (χ2v) is 3.52. The summed E-state index contributed by atoms with van der Waals surface area (Å²) in [5, 5.41) is 3.81. The van der Waals surface area contributed by atoms with Crippen LogP contribution in [-0.2, 0) is 10.1 Å². The molecule has 0 aromatic heterocycles. The van der Waals surface area contributed by atoms with Gasteiger partial charge in [0.1, 0.15) is 0 Å². The number of methoxy groups -OCH3 is 1. The monoisotopic (exact) mass is 277 g/mol. The lowest BCUT2D eigenvalue weighted by Gasteiger charge is -2.05. The van der Waals surface area contributed by atoms with Crippen molar-refractivity contribution in [1.29, 1.82) is 0 Å². The molecule has 0 fully saturated rings. The number of amides is 1. The van der Waals surface area contributed by atoms with Gasteiger partial charge in [0.2, 0.25) is 0 Å². The predicted octanol–water partition coefficient (Wildman–Crippen LogP) is 3.41. The number of carbonyl (C=O) groups is 1. The molecule has 0 unspecified atom stereocenters. The Labute approximate surface area is 95.5 Å². The number of carbonyl (C=O) groups excluding carboxylic acids is 1. The third-order valence-corrected chi connectivity index (χ3v) is 2.58. The molecule has 5 heteroatoms. The number of alkyl halides is 1. The Morgan fingerprint density at radius 2 is 2.36 bits per heavy atom. The van der Waals surface area contributed by atoms with Gasteiger partial charge in [-0.3, -0.25) is 5.32 Å². The van der Waals surface area contributed by atoms with Crippen LogP contribution in [-0.4, -0.2) is 13.2 Å². The zero-order valence-electron chi connectivity index (χ0n) is 7.51. The molecule has 1 aromatic rings. The molecule has 0 atom stereocenters. The van der Waals surface area contributed by atoms with E-state index in [1.54, 1.807) is 12.1 Å². The standard InChI is InChI=1S/C9H9BrClNO2/c1-14-9(13)12-7-3-2-6(5-10)8(11)4-7/h2-4H,5H2,1H3,(H,12,13). The van der Waals surface area contributed by atoms with E-state index in [2.05, 4.69) is 26.0 Å². The molecule has 0 bridgehead atoms. The van der Waals surface area contributed by atoms with Crippen LogP contribution in [0.25, 0.3) is 0 Å². The van der Waals surface area contributed by atoms with Crippen molar-refractivity contribution in [2.24, 2.45) is 0 Å². The van der Waals surface area contributed by atoms with E-state index in [1.165, 1.54) is 7.11 Å². The number of hydrogen-bond donors (Lipinski definition) is 1. The second kappa shape index (κ2) is 5.22. The number of ether oxygens (including phenoxy) is 1. The van der Waals surface area contributed by atoms with Crippen molar-refractivity contribution >= 4 is 39.3 Å². The lowest BCUT2D eigenvalue weighted by Crippen LogP contribution is -2.10. The summed E-state index contributed by atoms with van der Waals surface area (Å²) < 4.78 is 4.45. The zero-order chi connectivity index (χ0) is 10.6. The van der Waals surface area contributed by atoms with Gasteiger partial charge in [-0.2, -0.15) is 0 Å². The van der Waals surface area contributed by atoms with Crippen molar-refractivity contribution < 1.29 is 9.53 Å². The molecule has 3 nitrogen and oxygen atoms in total. The van der Waals surface area contributed by atoms with Gasteiger partial charge in [-0.05, 0) is 17.7 Å². The van der Waals surface area contributed by atoms with Gasteiger partial charge in [-0.25, -0.2) is 4.79 Å². The van der Waals surface area contributed by atoms with Crippen LogP contribution in [0.2, 0.25) is 5.02 Å². The van der Waals surface area contributed by atoms with Gasteiger partial charge in [-0.1, -0.05) is 33.6 Å². The molecule has 1 amide bonds. The minimum atomic E-state index is -0.507. The Kier molecular flexibility index (Phi) is 4.22. The highest BCUT2D eigenvalue weighted by atomic mass is 79.9. The van der Waals surface area contributed by atoms with Crippen molar-refractivity contribution in [3.63, 3.8) is 0 Å². The van der Waals surface area contributed by atoms with E-state index >= 15 is 0 Å². The van der Waals surface area contributed by atoms with Crippen molar-refractivity contribution in [3.8, 4) is 0 Å². The van der Waals surface area contributed by atoms with Crippen molar-refractivity contribution in [2.45, 2.75) is 5.33 Å². The molecule has 0 saturated carbocycles. The molecule has 0 aliphatic heterocycles. The summed E-state index contributed by atoms with van der Waals surface area (Å²) in [4.78, 5) is 10.9. The second-order valence-electron chi connectivity index (χ2n) is 2.56. The van der Waals surface area contributed by atoms with Gasteiger partial charge in [0.05, 0.1) is 7.11 Å². The highest BCUT2D eigenvalue weighted by Crippen LogP contribution is 2.22. The van der Waals surface area contributed by atoms with Crippen LogP contribution in [0.4, 0.5) is 10.5 Å². The van der Waals surface area contributed by atoms with Crippen LogP contribution in [0.15, 0.2) is 18.2 Å². The molecular weight excluding hydrogens is 269 g/mol. The number of nitrogens with one attached hydrogen (secondary N) is 1. The van der Waals surface area contributed by atoms with E-state index in [0.29, 0.717) is 16.0 Å². The molecule has 14 heavy (non-hydrogen) atoms. The summed E-state index contributed by atoms with van der Waals surface area (Å²) in [6.07, 6.45) is -0.507. The number of halogens is 2. The third-order valence-electron chi connectivity index (χ3n) is 1.63. The fourth-order valence-corrected chi connectivity index (χ4v) is 1.80. The summed E-state index contributed by atoms with van der Waals surface area (Å²) in [5.74, 6) is 0. The molecule has 1 rings (SSSR count). The molecule has 0 heterocycles. The van der Waals surface area contributed by atoms with E-state index in [-0.39, 0.29) is 0 Å². The summed E-state index contributed by atoms with van der Waals surface area (Å²) >= 11 is 9.23. The SMILES string of the molecule is COC(=O)Nc1ccc(CBr)c(Cl)c1. The maximum Gasteiger partial charge on any atom is 0.411 e. The number of rotatable bonds is 2. The highest BCUT2D eigenvalue weighted by molar-refractivity contribution is 9.08. The Morgan fingerprint density at radius 3 is 2.86 bits per heavy atom. The Balaban J connectivity index is 2.81. The van der Waals surface area contributed by atoms with Crippen LogP contribution in [0.1, 0.15) is 5.56 Å². The molecular formula is C9H9BrClNO2. The van der Waals surface area contributed by atoms with Crippen molar-refractivity contribution in [1.82, 2.24) is 0 Å². The smallest absolute Gasteiger partial charge is 0.411 e. The average molecular weight is 279 g/mol. The maximum absolute atomic E-state index is 10.9. The minimum Gasteiger partial charge on any atom is -0.453 e.